The maximum atomic E-state index is 8.84. The van der Waals surface area contributed by atoms with Crippen LogP contribution in [0.25, 0.3) is 0 Å². The molecule has 0 radical (unpaired) electrons. The Kier molecular flexibility index (Phi) is 6.34. The molecule has 0 aromatic rings. The van der Waals surface area contributed by atoms with E-state index in [1.165, 1.54) is 0 Å². The zero-order valence-electron chi connectivity index (χ0n) is 8.50. The lowest BCUT2D eigenvalue weighted by Crippen LogP contribution is -2.35. The standard InChI is InChI=1S/C9H21NO2/c1-7(2)8(3)12-6-9(5-11)10-4/h7-11H,5-6H2,1-4H3. The molecule has 2 unspecified atom stereocenters. The Balaban J connectivity index is 3.51. The molecule has 0 aliphatic heterocycles. The van der Waals surface area contributed by atoms with Crippen molar-refractivity contribution in [2.75, 3.05) is 20.3 Å². The van der Waals surface area contributed by atoms with E-state index in [1.54, 1.807) is 0 Å². The van der Waals surface area contributed by atoms with Gasteiger partial charge in [0.05, 0.1) is 25.4 Å². The van der Waals surface area contributed by atoms with Gasteiger partial charge in [-0.25, -0.2) is 0 Å². The molecule has 0 bridgehead atoms. The first-order valence-electron chi connectivity index (χ1n) is 4.51. The molecule has 0 spiro atoms. The molecule has 3 nitrogen and oxygen atoms in total. The smallest absolute Gasteiger partial charge is 0.0645 e. The van der Waals surface area contributed by atoms with Crippen LogP contribution in [0, 0.1) is 5.92 Å². The summed E-state index contributed by atoms with van der Waals surface area (Å²) in [7, 11) is 1.82. The summed E-state index contributed by atoms with van der Waals surface area (Å²) >= 11 is 0. The van der Waals surface area contributed by atoms with Gasteiger partial charge in [0.15, 0.2) is 0 Å². The lowest BCUT2D eigenvalue weighted by Gasteiger charge is -2.20. The molecule has 0 saturated carbocycles. The van der Waals surface area contributed by atoms with Crippen molar-refractivity contribution in [3.8, 4) is 0 Å². The minimum absolute atomic E-state index is 0.0613. The summed E-state index contributed by atoms with van der Waals surface area (Å²) in [6.07, 6.45) is 0.257. The molecule has 12 heavy (non-hydrogen) atoms. The van der Waals surface area contributed by atoms with Crippen molar-refractivity contribution in [3.63, 3.8) is 0 Å². The van der Waals surface area contributed by atoms with E-state index >= 15 is 0 Å². The van der Waals surface area contributed by atoms with Crippen LogP contribution in [0.3, 0.4) is 0 Å². The van der Waals surface area contributed by atoms with E-state index in [-0.39, 0.29) is 18.8 Å². The number of likely N-dealkylation sites (N-methyl/N-ethyl adjacent to an activating group) is 1. The van der Waals surface area contributed by atoms with E-state index < -0.39 is 0 Å². The van der Waals surface area contributed by atoms with Crippen molar-refractivity contribution < 1.29 is 9.84 Å². The van der Waals surface area contributed by atoms with Gasteiger partial charge < -0.3 is 15.2 Å². The Hall–Kier alpha value is -0.120. The zero-order chi connectivity index (χ0) is 9.56. The third-order valence-electron chi connectivity index (χ3n) is 2.13. The molecule has 2 atom stereocenters. The molecule has 0 saturated heterocycles. The lowest BCUT2D eigenvalue weighted by molar-refractivity contribution is 0.0141. The molecule has 0 aromatic carbocycles. The summed E-state index contributed by atoms with van der Waals surface area (Å²) < 4.78 is 5.52. The molecular formula is C9H21NO2. The fourth-order valence-electron chi connectivity index (χ4n) is 0.688. The van der Waals surface area contributed by atoms with Gasteiger partial charge in [0.1, 0.15) is 0 Å². The topological polar surface area (TPSA) is 41.5 Å². The van der Waals surface area contributed by atoms with Crippen LogP contribution in [0.5, 0.6) is 0 Å². The molecular weight excluding hydrogens is 154 g/mol. The molecule has 3 heteroatoms. The number of aliphatic hydroxyl groups excluding tert-OH is 1. The quantitative estimate of drug-likeness (QED) is 0.622. The number of nitrogens with one attached hydrogen (secondary N) is 1. The highest BCUT2D eigenvalue weighted by Gasteiger charge is 2.10. The van der Waals surface area contributed by atoms with Crippen molar-refractivity contribution in [1.29, 1.82) is 0 Å². The number of hydrogen-bond donors (Lipinski definition) is 2. The average Bonchev–Trinajstić information content (AvgIpc) is 2.05. The minimum atomic E-state index is 0.0613. The zero-order valence-corrected chi connectivity index (χ0v) is 8.50. The Labute approximate surface area is 75.1 Å². The van der Waals surface area contributed by atoms with Gasteiger partial charge in [-0.1, -0.05) is 13.8 Å². The van der Waals surface area contributed by atoms with Crippen LogP contribution in [-0.4, -0.2) is 37.5 Å². The highest BCUT2D eigenvalue weighted by atomic mass is 16.5. The fourth-order valence-corrected chi connectivity index (χ4v) is 0.688. The van der Waals surface area contributed by atoms with Crippen LogP contribution in [-0.2, 0) is 4.74 Å². The fraction of sp³-hybridized carbons (Fsp3) is 1.00. The molecule has 0 aliphatic carbocycles. The molecule has 74 valence electrons. The van der Waals surface area contributed by atoms with Crippen LogP contribution in [0.1, 0.15) is 20.8 Å². The van der Waals surface area contributed by atoms with E-state index in [9.17, 15) is 0 Å². The maximum Gasteiger partial charge on any atom is 0.0645 e. The average molecular weight is 175 g/mol. The van der Waals surface area contributed by atoms with E-state index in [1.807, 2.05) is 7.05 Å². The summed E-state index contributed by atoms with van der Waals surface area (Å²) in [5.41, 5.74) is 0. The molecule has 2 N–H and O–H groups in total. The largest absolute Gasteiger partial charge is 0.395 e. The third kappa shape index (κ3) is 4.70. The van der Waals surface area contributed by atoms with Crippen LogP contribution in [0.4, 0.5) is 0 Å². The van der Waals surface area contributed by atoms with Gasteiger partial charge in [-0.3, -0.25) is 0 Å². The highest BCUT2D eigenvalue weighted by molar-refractivity contribution is 4.63. The SMILES string of the molecule is CNC(CO)COC(C)C(C)C. The van der Waals surface area contributed by atoms with E-state index in [0.29, 0.717) is 12.5 Å². The van der Waals surface area contributed by atoms with Gasteiger partial charge in [-0.05, 0) is 19.9 Å². The van der Waals surface area contributed by atoms with Crippen molar-refractivity contribution >= 4 is 0 Å². The van der Waals surface area contributed by atoms with E-state index in [0.717, 1.165) is 0 Å². The molecule has 0 amide bonds. The van der Waals surface area contributed by atoms with Crippen LogP contribution < -0.4 is 5.32 Å². The monoisotopic (exact) mass is 175 g/mol. The predicted octanol–water partition coefficient (Wildman–Crippen LogP) is 0.628. The molecule has 0 aromatic heterocycles. The van der Waals surface area contributed by atoms with Crippen LogP contribution >= 0.6 is 0 Å². The van der Waals surface area contributed by atoms with Gasteiger partial charge in [0.25, 0.3) is 0 Å². The second-order valence-corrected chi connectivity index (χ2v) is 3.45. The molecule has 0 aliphatic rings. The number of rotatable bonds is 6. The number of hydrogen-bond acceptors (Lipinski definition) is 3. The number of aliphatic hydroxyl groups is 1. The maximum absolute atomic E-state index is 8.84. The normalized spacial score (nSPS) is 16.5. The summed E-state index contributed by atoms with van der Waals surface area (Å²) in [4.78, 5) is 0. The number of ether oxygens (including phenoxy) is 1. The Bertz CT molecular complexity index is 101. The van der Waals surface area contributed by atoms with Crippen molar-refractivity contribution in [2.45, 2.75) is 32.9 Å². The molecule has 0 fully saturated rings. The third-order valence-corrected chi connectivity index (χ3v) is 2.13. The van der Waals surface area contributed by atoms with Crippen molar-refractivity contribution in [2.24, 2.45) is 5.92 Å². The molecule has 0 heterocycles. The lowest BCUT2D eigenvalue weighted by atomic mass is 10.1. The van der Waals surface area contributed by atoms with E-state index in [2.05, 4.69) is 26.1 Å². The summed E-state index contributed by atoms with van der Waals surface area (Å²) in [6, 6.07) is 0.0613. The summed E-state index contributed by atoms with van der Waals surface area (Å²) in [5.74, 6) is 0.529. The Morgan fingerprint density at radius 3 is 2.25 bits per heavy atom. The van der Waals surface area contributed by atoms with Gasteiger partial charge in [0.2, 0.25) is 0 Å². The van der Waals surface area contributed by atoms with Crippen LogP contribution in [0.2, 0.25) is 0 Å². The first-order valence-corrected chi connectivity index (χ1v) is 4.51. The molecule has 0 rings (SSSR count). The Morgan fingerprint density at radius 1 is 1.33 bits per heavy atom. The van der Waals surface area contributed by atoms with Crippen LogP contribution in [0.15, 0.2) is 0 Å². The van der Waals surface area contributed by atoms with E-state index in [4.69, 9.17) is 9.84 Å². The predicted molar refractivity (Wildman–Crippen MR) is 50.2 cm³/mol. The second-order valence-electron chi connectivity index (χ2n) is 3.45. The Morgan fingerprint density at radius 2 is 1.92 bits per heavy atom. The highest BCUT2D eigenvalue weighted by Crippen LogP contribution is 2.05. The minimum Gasteiger partial charge on any atom is -0.395 e. The summed E-state index contributed by atoms with van der Waals surface area (Å²) in [6.45, 7) is 7.00. The van der Waals surface area contributed by atoms with Gasteiger partial charge in [0, 0.05) is 0 Å². The summed E-state index contributed by atoms with van der Waals surface area (Å²) in [5, 5.41) is 11.8. The second kappa shape index (κ2) is 6.40. The van der Waals surface area contributed by atoms with Crippen molar-refractivity contribution in [3.05, 3.63) is 0 Å². The van der Waals surface area contributed by atoms with Gasteiger partial charge in [-0.15, -0.1) is 0 Å². The van der Waals surface area contributed by atoms with Crippen molar-refractivity contribution in [1.82, 2.24) is 5.32 Å². The van der Waals surface area contributed by atoms with Gasteiger partial charge >= 0.3 is 0 Å². The van der Waals surface area contributed by atoms with Gasteiger partial charge in [-0.2, -0.15) is 0 Å². The first kappa shape index (κ1) is 11.9. The first-order chi connectivity index (χ1) is 5.61.